The van der Waals surface area contributed by atoms with Crippen molar-refractivity contribution < 1.29 is 13.9 Å². The lowest BCUT2D eigenvalue weighted by Crippen LogP contribution is -2.40. The number of rotatable bonds is 7. The number of carbonyl (C=O) groups excluding carboxylic acids is 1. The van der Waals surface area contributed by atoms with Gasteiger partial charge in [-0.25, -0.2) is 9.79 Å². The molecule has 3 heterocycles. The number of benzene rings is 3. The van der Waals surface area contributed by atoms with Crippen LogP contribution in [-0.4, -0.2) is 17.1 Å². The molecule has 5 aromatic rings. The van der Waals surface area contributed by atoms with Crippen LogP contribution in [0.2, 0.25) is 0 Å². The Kier molecular flexibility index (Phi) is 8.32. The summed E-state index contributed by atoms with van der Waals surface area (Å²) in [6, 6.07) is 28.7. The lowest BCUT2D eigenvalue weighted by molar-refractivity contribution is -0.138. The van der Waals surface area contributed by atoms with E-state index in [0.29, 0.717) is 32.3 Å². The molecule has 43 heavy (non-hydrogen) atoms. The number of hydrogen-bond acceptors (Lipinski definition) is 6. The molecule has 0 bridgehead atoms. The molecule has 0 fully saturated rings. The van der Waals surface area contributed by atoms with Crippen molar-refractivity contribution in [2.75, 3.05) is 6.61 Å². The van der Waals surface area contributed by atoms with Crippen molar-refractivity contribution in [2.45, 2.75) is 32.7 Å². The van der Waals surface area contributed by atoms with Gasteiger partial charge in [-0.3, -0.25) is 9.36 Å². The van der Waals surface area contributed by atoms with Crippen LogP contribution in [0.3, 0.4) is 0 Å². The predicted molar refractivity (Wildman–Crippen MR) is 178 cm³/mol. The molecule has 0 saturated heterocycles. The monoisotopic (exact) mass is 700 g/mol. The second-order valence-corrected chi connectivity index (χ2v) is 12.7. The van der Waals surface area contributed by atoms with Crippen LogP contribution < -0.4 is 14.9 Å². The van der Waals surface area contributed by atoms with Crippen LogP contribution in [0.25, 0.3) is 23.1 Å². The number of fused-ring (bicyclic) bond motifs is 1. The number of esters is 1. The van der Waals surface area contributed by atoms with Gasteiger partial charge >= 0.3 is 5.97 Å². The number of carbonyl (C=O) groups is 1. The van der Waals surface area contributed by atoms with Gasteiger partial charge in [0, 0.05) is 20.8 Å². The van der Waals surface area contributed by atoms with Crippen LogP contribution in [-0.2, 0) is 9.53 Å². The molecule has 0 saturated carbocycles. The van der Waals surface area contributed by atoms with E-state index in [-0.39, 0.29) is 12.2 Å². The van der Waals surface area contributed by atoms with E-state index in [1.165, 1.54) is 16.9 Å². The molecule has 0 N–H and O–H groups in total. The minimum atomic E-state index is -0.715. The SMILES string of the molecule is CCOC(=O)C1=C(c2ccccc2)N=c2s/c(=C\c3ccc(-c4ccc(I)cc4)o3)c(=O)n2[C@@H]1c1ccc(C(C)C)cc1. The molecule has 8 heteroatoms. The zero-order valence-corrected chi connectivity index (χ0v) is 26.9. The van der Waals surface area contributed by atoms with E-state index in [0.717, 1.165) is 26.0 Å². The van der Waals surface area contributed by atoms with Crippen LogP contribution in [0.4, 0.5) is 0 Å². The maximum Gasteiger partial charge on any atom is 0.338 e. The van der Waals surface area contributed by atoms with E-state index < -0.39 is 12.0 Å². The van der Waals surface area contributed by atoms with Crippen molar-refractivity contribution in [3.63, 3.8) is 0 Å². The van der Waals surface area contributed by atoms with Gasteiger partial charge in [0.15, 0.2) is 4.80 Å². The highest BCUT2D eigenvalue weighted by Crippen LogP contribution is 2.35. The maximum absolute atomic E-state index is 14.1. The summed E-state index contributed by atoms with van der Waals surface area (Å²) in [5.74, 6) is 1.12. The average Bonchev–Trinajstić information content (AvgIpc) is 3.61. The molecule has 0 radical (unpaired) electrons. The van der Waals surface area contributed by atoms with Crippen LogP contribution in [0.1, 0.15) is 55.2 Å². The van der Waals surface area contributed by atoms with Crippen molar-refractivity contribution in [1.82, 2.24) is 4.57 Å². The standard InChI is InChI=1S/C35H29IN2O4S/c1-4-41-34(40)30-31(24-8-6-5-7-9-24)37-35-38(32(30)25-12-10-22(11-13-25)21(2)3)33(39)29(43-35)20-27-18-19-28(42-27)23-14-16-26(36)17-15-23/h5-21,32H,4H2,1-3H3/b29-20-/t32-/m1/s1. The number of halogens is 1. The van der Waals surface area contributed by atoms with Gasteiger partial charge in [0.25, 0.3) is 5.56 Å². The molecular weight excluding hydrogens is 671 g/mol. The molecule has 1 aliphatic heterocycles. The Labute approximate surface area is 266 Å². The minimum absolute atomic E-state index is 0.204. The van der Waals surface area contributed by atoms with Crippen molar-refractivity contribution in [2.24, 2.45) is 4.99 Å². The highest BCUT2D eigenvalue weighted by atomic mass is 127. The molecule has 0 aliphatic carbocycles. The van der Waals surface area contributed by atoms with Crippen LogP contribution in [0, 0.1) is 3.57 Å². The van der Waals surface area contributed by atoms with Crippen LogP contribution in [0.15, 0.2) is 111 Å². The third kappa shape index (κ3) is 5.81. The fourth-order valence-electron chi connectivity index (χ4n) is 5.15. The largest absolute Gasteiger partial charge is 0.463 e. The Balaban J connectivity index is 1.55. The van der Waals surface area contributed by atoms with E-state index >= 15 is 0 Å². The molecular formula is C35H29IN2O4S. The van der Waals surface area contributed by atoms with Crippen LogP contribution in [0.5, 0.6) is 0 Å². The summed E-state index contributed by atoms with van der Waals surface area (Å²) in [4.78, 5) is 33.2. The zero-order valence-electron chi connectivity index (χ0n) is 23.9. The van der Waals surface area contributed by atoms with Gasteiger partial charge in [0.2, 0.25) is 0 Å². The summed E-state index contributed by atoms with van der Waals surface area (Å²) in [6.07, 6.45) is 1.75. The van der Waals surface area contributed by atoms with Gasteiger partial charge in [0.05, 0.1) is 28.5 Å². The van der Waals surface area contributed by atoms with E-state index in [2.05, 4.69) is 48.6 Å². The Bertz CT molecular complexity index is 2000. The third-order valence-electron chi connectivity index (χ3n) is 7.32. The predicted octanol–water partition coefficient (Wildman–Crippen LogP) is 6.92. The van der Waals surface area contributed by atoms with Crippen molar-refractivity contribution in [3.05, 3.63) is 142 Å². The first-order chi connectivity index (χ1) is 20.8. The van der Waals surface area contributed by atoms with E-state index in [1.807, 2.05) is 78.9 Å². The number of hydrogen-bond donors (Lipinski definition) is 0. The number of ether oxygens (including phenoxy) is 1. The van der Waals surface area contributed by atoms with Gasteiger partial charge in [-0.2, -0.15) is 0 Å². The average molecular weight is 701 g/mol. The fourth-order valence-corrected chi connectivity index (χ4v) is 6.49. The summed E-state index contributed by atoms with van der Waals surface area (Å²) >= 11 is 3.55. The van der Waals surface area contributed by atoms with Gasteiger partial charge in [0.1, 0.15) is 11.5 Å². The van der Waals surface area contributed by atoms with Gasteiger partial charge < -0.3 is 9.15 Å². The minimum Gasteiger partial charge on any atom is -0.463 e. The summed E-state index contributed by atoms with van der Waals surface area (Å²) in [7, 11) is 0. The second-order valence-electron chi connectivity index (χ2n) is 10.5. The number of aromatic nitrogens is 1. The first-order valence-electron chi connectivity index (χ1n) is 14.1. The number of furan rings is 1. The molecule has 1 aliphatic rings. The van der Waals surface area contributed by atoms with E-state index in [9.17, 15) is 9.59 Å². The normalized spacial score (nSPS) is 15.0. The van der Waals surface area contributed by atoms with E-state index in [1.54, 1.807) is 17.6 Å². The van der Waals surface area contributed by atoms with Gasteiger partial charge in [-0.15, -0.1) is 0 Å². The highest BCUT2D eigenvalue weighted by Gasteiger charge is 2.35. The summed E-state index contributed by atoms with van der Waals surface area (Å²) in [5.41, 5.74) is 4.30. The Hall–Kier alpha value is -4.02. The highest BCUT2D eigenvalue weighted by molar-refractivity contribution is 14.1. The summed E-state index contributed by atoms with van der Waals surface area (Å²) in [5, 5.41) is 0. The Morgan fingerprint density at radius 3 is 2.40 bits per heavy atom. The molecule has 6 rings (SSSR count). The molecule has 1 atom stereocenters. The third-order valence-corrected chi connectivity index (χ3v) is 9.02. The molecule has 6 nitrogen and oxygen atoms in total. The Morgan fingerprint density at radius 2 is 1.72 bits per heavy atom. The van der Waals surface area contributed by atoms with E-state index in [4.69, 9.17) is 14.1 Å². The maximum atomic E-state index is 14.1. The lowest BCUT2D eigenvalue weighted by atomic mass is 9.91. The molecule has 2 aromatic heterocycles. The molecule has 0 spiro atoms. The van der Waals surface area contributed by atoms with Crippen molar-refractivity contribution in [3.8, 4) is 11.3 Å². The smallest absolute Gasteiger partial charge is 0.338 e. The molecule has 0 amide bonds. The molecule has 216 valence electrons. The summed E-state index contributed by atoms with van der Waals surface area (Å²) in [6.45, 7) is 6.24. The van der Waals surface area contributed by atoms with Crippen molar-refractivity contribution in [1.29, 1.82) is 0 Å². The fraction of sp³-hybridized carbons (Fsp3) is 0.171. The Morgan fingerprint density at radius 1 is 1.00 bits per heavy atom. The topological polar surface area (TPSA) is 73.8 Å². The number of nitrogens with zero attached hydrogens (tertiary/aromatic N) is 2. The first kappa shape index (κ1) is 29.1. The molecule has 3 aromatic carbocycles. The van der Waals surface area contributed by atoms with Crippen LogP contribution >= 0.6 is 33.9 Å². The first-order valence-corrected chi connectivity index (χ1v) is 16.0. The lowest BCUT2D eigenvalue weighted by Gasteiger charge is -2.26. The zero-order chi connectivity index (χ0) is 30.1. The quantitative estimate of drug-likeness (QED) is 0.137. The van der Waals surface area contributed by atoms with Gasteiger partial charge in [-0.1, -0.05) is 91.9 Å². The second kappa shape index (κ2) is 12.3. The van der Waals surface area contributed by atoms with Crippen molar-refractivity contribution >= 4 is 51.7 Å². The summed E-state index contributed by atoms with van der Waals surface area (Å²) < 4.78 is 14.9. The van der Waals surface area contributed by atoms with Gasteiger partial charge in [-0.05, 0) is 70.8 Å². The number of thiazole rings is 1. The molecule has 0 unspecified atom stereocenters.